The molecule has 1 fully saturated rings. The maximum Gasteiger partial charge on any atom is 0.246 e. The van der Waals surface area contributed by atoms with Crippen molar-refractivity contribution in [1.82, 2.24) is 24.2 Å². The molecule has 0 bridgehead atoms. The SMILES string of the molecule is Nc1nccc(-c2cn(S)c3nccc(C4C[C@@H](O)[C@H](NC(=O)CO)C4)c23)n1. The van der Waals surface area contributed by atoms with Crippen molar-refractivity contribution in [1.29, 1.82) is 0 Å². The van der Waals surface area contributed by atoms with Crippen LogP contribution in [0.5, 0.6) is 0 Å². The molecule has 10 heteroatoms. The predicted molar refractivity (Wildman–Crippen MR) is 107 cm³/mol. The number of pyridine rings is 1. The monoisotopic (exact) mass is 400 g/mol. The summed E-state index contributed by atoms with van der Waals surface area (Å²) in [6.07, 6.45) is 5.46. The van der Waals surface area contributed by atoms with E-state index >= 15 is 0 Å². The van der Waals surface area contributed by atoms with Gasteiger partial charge in [-0.25, -0.2) is 15.0 Å². The number of nitrogens with two attached hydrogens (primary N) is 1. The van der Waals surface area contributed by atoms with Gasteiger partial charge in [-0.1, -0.05) is 12.8 Å². The van der Waals surface area contributed by atoms with Crippen LogP contribution in [0.15, 0.2) is 30.7 Å². The third-order valence-corrected chi connectivity index (χ3v) is 5.41. The van der Waals surface area contributed by atoms with Crippen LogP contribution in [0.4, 0.5) is 5.95 Å². The van der Waals surface area contributed by atoms with Crippen molar-refractivity contribution >= 4 is 35.7 Å². The number of aliphatic hydroxyl groups excluding tert-OH is 2. The molecule has 146 valence electrons. The fourth-order valence-electron chi connectivity index (χ4n) is 3.90. The number of nitrogens with one attached hydrogen (secondary N) is 1. The van der Waals surface area contributed by atoms with Crippen LogP contribution in [0, 0.1) is 0 Å². The Morgan fingerprint density at radius 2 is 2.11 bits per heavy atom. The Morgan fingerprint density at radius 3 is 2.86 bits per heavy atom. The lowest BCUT2D eigenvalue weighted by atomic mass is 9.93. The van der Waals surface area contributed by atoms with Crippen LogP contribution < -0.4 is 11.1 Å². The van der Waals surface area contributed by atoms with Gasteiger partial charge in [0.05, 0.1) is 17.8 Å². The molecule has 0 aliphatic heterocycles. The summed E-state index contributed by atoms with van der Waals surface area (Å²) in [5.41, 5.74) is 8.88. The Hall–Kier alpha value is -2.69. The van der Waals surface area contributed by atoms with E-state index in [-0.39, 0.29) is 11.9 Å². The second-order valence-corrected chi connectivity index (χ2v) is 7.28. The molecule has 3 heterocycles. The van der Waals surface area contributed by atoms with E-state index in [0.717, 1.165) is 16.5 Å². The van der Waals surface area contributed by atoms with Crippen LogP contribution in [0.2, 0.25) is 0 Å². The maximum absolute atomic E-state index is 11.5. The molecule has 0 spiro atoms. The molecule has 3 atom stereocenters. The highest BCUT2D eigenvalue weighted by molar-refractivity contribution is 7.78. The first-order chi connectivity index (χ1) is 13.5. The van der Waals surface area contributed by atoms with Crippen molar-refractivity contribution in [3.05, 3.63) is 36.3 Å². The standard InChI is InChI=1S/C18H20N6O3S/c19-18-21-4-2-12(23-18)11-7-24(28)17-16(11)10(1-3-20-17)9-5-13(14(26)6-9)22-15(27)8-25/h1-4,7,9,13-14,25-26,28H,5-6,8H2,(H,22,27)(H2,19,21,23)/t9?,13-,14-/m1/s1. The summed E-state index contributed by atoms with van der Waals surface area (Å²) in [7, 11) is 0. The van der Waals surface area contributed by atoms with E-state index in [2.05, 4.69) is 33.1 Å². The number of fused-ring (bicyclic) bond motifs is 1. The summed E-state index contributed by atoms with van der Waals surface area (Å²) < 4.78 is 1.63. The molecule has 1 saturated carbocycles. The fourth-order valence-corrected chi connectivity index (χ4v) is 4.17. The van der Waals surface area contributed by atoms with Gasteiger partial charge in [0.1, 0.15) is 6.61 Å². The fraction of sp³-hybridized carbons (Fsp3) is 0.333. The average molecular weight is 400 g/mol. The van der Waals surface area contributed by atoms with Gasteiger partial charge in [0.15, 0.2) is 5.65 Å². The number of anilines is 1. The lowest BCUT2D eigenvalue weighted by Gasteiger charge is -2.15. The number of hydrogen-bond acceptors (Lipinski definition) is 8. The zero-order valence-corrected chi connectivity index (χ0v) is 15.8. The zero-order chi connectivity index (χ0) is 19.8. The van der Waals surface area contributed by atoms with Crippen molar-refractivity contribution in [2.24, 2.45) is 0 Å². The molecule has 1 amide bonds. The number of nitrogens with zero attached hydrogens (tertiary/aromatic N) is 4. The number of rotatable bonds is 4. The normalized spacial score (nSPS) is 21.9. The molecule has 3 aromatic heterocycles. The van der Waals surface area contributed by atoms with E-state index < -0.39 is 24.7 Å². The van der Waals surface area contributed by atoms with Crippen LogP contribution in [0.3, 0.4) is 0 Å². The molecule has 5 N–H and O–H groups in total. The molecule has 1 aliphatic rings. The summed E-state index contributed by atoms with van der Waals surface area (Å²) in [5.74, 6) is -0.326. The summed E-state index contributed by atoms with van der Waals surface area (Å²) in [5, 5.41) is 22.9. The minimum absolute atomic E-state index is 0.00170. The van der Waals surface area contributed by atoms with E-state index in [0.29, 0.717) is 24.2 Å². The number of hydrogen-bond donors (Lipinski definition) is 5. The summed E-state index contributed by atoms with van der Waals surface area (Å²) in [4.78, 5) is 24.2. The first kappa shape index (κ1) is 18.7. The molecular weight excluding hydrogens is 380 g/mol. The molecule has 28 heavy (non-hydrogen) atoms. The third-order valence-electron chi connectivity index (χ3n) is 5.11. The van der Waals surface area contributed by atoms with Gasteiger partial charge in [0.25, 0.3) is 0 Å². The number of carbonyl (C=O) groups is 1. The van der Waals surface area contributed by atoms with E-state index in [1.54, 1.807) is 22.4 Å². The van der Waals surface area contributed by atoms with Crippen molar-refractivity contribution in [3.8, 4) is 11.3 Å². The largest absolute Gasteiger partial charge is 0.391 e. The smallest absolute Gasteiger partial charge is 0.246 e. The van der Waals surface area contributed by atoms with Crippen molar-refractivity contribution in [2.45, 2.75) is 30.9 Å². The van der Waals surface area contributed by atoms with E-state index in [1.165, 1.54) is 0 Å². The number of nitrogen functional groups attached to an aromatic ring is 1. The van der Waals surface area contributed by atoms with Crippen LogP contribution in [0.25, 0.3) is 22.3 Å². The molecule has 0 aromatic carbocycles. The second kappa shape index (κ2) is 7.38. The van der Waals surface area contributed by atoms with Gasteiger partial charge < -0.3 is 21.3 Å². The molecule has 0 radical (unpaired) electrons. The maximum atomic E-state index is 11.5. The topological polar surface area (TPSA) is 139 Å². The van der Waals surface area contributed by atoms with Gasteiger partial charge in [0, 0.05) is 29.5 Å². The molecule has 3 aromatic rings. The number of amides is 1. The molecule has 1 unspecified atom stereocenters. The number of thiol groups is 1. The van der Waals surface area contributed by atoms with Gasteiger partial charge in [-0.3, -0.25) is 8.77 Å². The summed E-state index contributed by atoms with van der Waals surface area (Å²) in [6, 6.07) is 3.27. The lowest BCUT2D eigenvalue weighted by Crippen LogP contribution is -2.41. The molecule has 1 aliphatic carbocycles. The summed E-state index contributed by atoms with van der Waals surface area (Å²) >= 11 is 4.48. The third kappa shape index (κ3) is 3.30. The van der Waals surface area contributed by atoms with Crippen LogP contribution in [-0.2, 0) is 4.79 Å². The Kier molecular flexibility index (Phi) is 4.92. The van der Waals surface area contributed by atoms with Crippen molar-refractivity contribution in [2.75, 3.05) is 12.3 Å². The van der Waals surface area contributed by atoms with Crippen molar-refractivity contribution in [3.63, 3.8) is 0 Å². The molecular formula is C18H20N6O3S. The van der Waals surface area contributed by atoms with Gasteiger partial charge in [-0.15, -0.1) is 0 Å². The predicted octanol–water partition coefficient (Wildman–Crippen LogP) is 0.484. The minimum Gasteiger partial charge on any atom is -0.391 e. The lowest BCUT2D eigenvalue weighted by molar-refractivity contribution is -0.125. The van der Waals surface area contributed by atoms with Crippen LogP contribution >= 0.6 is 12.8 Å². The minimum atomic E-state index is -0.694. The second-order valence-electron chi connectivity index (χ2n) is 6.85. The number of aromatic nitrogens is 4. The van der Waals surface area contributed by atoms with Gasteiger partial charge in [-0.05, 0) is 36.5 Å². The van der Waals surface area contributed by atoms with E-state index in [9.17, 15) is 9.90 Å². The van der Waals surface area contributed by atoms with Crippen molar-refractivity contribution < 1.29 is 15.0 Å². The Bertz CT molecular complexity index is 1040. The number of aliphatic hydroxyl groups is 2. The molecule has 0 saturated heterocycles. The average Bonchev–Trinajstić information content (AvgIpc) is 3.22. The highest BCUT2D eigenvalue weighted by Gasteiger charge is 2.36. The van der Waals surface area contributed by atoms with Gasteiger partial charge >= 0.3 is 0 Å². The molecule has 9 nitrogen and oxygen atoms in total. The highest BCUT2D eigenvalue weighted by atomic mass is 32.1. The van der Waals surface area contributed by atoms with E-state index in [1.807, 2.05) is 12.3 Å². The first-order valence-electron chi connectivity index (χ1n) is 8.84. The highest BCUT2D eigenvalue weighted by Crippen LogP contribution is 2.41. The van der Waals surface area contributed by atoms with E-state index in [4.69, 9.17) is 10.8 Å². The Balaban J connectivity index is 1.77. The van der Waals surface area contributed by atoms with Crippen LogP contribution in [0.1, 0.15) is 24.3 Å². The van der Waals surface area contributed by atoms with Crippen LogP contribution in [-0.4, -0.2) is 53.8 Å². The number of carbonyl (C=O) groups excluding carboxylic acids is 1. The Labute approximate surface area is 166 Å². The van der Waals surface area contributed by atoms with Gasteiger partial charge in [0.2, 0.25) is 11.9 Å². The first-order valence-corrected chi connectivity index (χ1v) is 9.24. The summed E-state index contributed by atoms with van der Waals surface area (Å²) in [6.45, 7) is -0.602. The Morgan fingerprint density at radius 1 is 1.32 bits per heavy atom. The molecule has 4 rings (SSSR count). The van der Waals surface area contributed by atoms with Gasteiger partial charge in [-0.2, -0.15) is 0 Å². The quantitative estimate of drug-likeness (QED) is 0.402. The zero-order valence-electron chi connectivity index (χ0n) is 14.9.